The van der Waals surface area contributed by atoms with Crippen LogP contribution in [-0.4, -0.2) is 19.3 Å². The van der Waals surface area contributed by atoms with Crippen molar-refractivity contribution in [3.05, 3.63) is 88.4 Å². The first-order valence-electron chi connectivity index (χ1n) is 7.87. The molecule has 4 rings (SSSR count). The van der Waals surface area contributed by atoms with E-state index in [1.165, 1.54) is 29.3 Å². The molecular formula is C19H15FN4O. The van der Waals surface area contributed by atoms with Gasteiger partial charge >= 0.3 is 0 Å². The molecule has 0 bridgehead atoms. The molecule has 4 aromatic rings. The minimum Gasteiger partial charge on any atom is -0.294 e. The Morgan fingerprint density at radius 1 is 1.08 bits per heavy atom. The van der Waals surface area contributed by atoms with E-state index in [1.807, 2.05) is 31.2 Å². The molecule has 0 saturated carbocycles. The van der Waals surface area contributed by atoms with Gasteiger partial charge in [-0.25, -0.2) is 14.1 Å². The lowest BCUT2D eigenvalue weighted by Gasteiger charge is -2.08. The van der Waals surface area contributed by atoms with E-state index in [4.69, 9.17) is 0 Å². The van der Waals surface area contributed by atoms with Crippen LogP contribution in [0.4, 0.5) is 4.39 Å². The van der Waals surface area contributed by atoms with Gasteiger partial charge in [-0.15, -0.1) is 0 Å². The topological polar surface area (TPSA) is 52.7 Å². The summed E-state index contributed by atoms with van der Waals surface area (Å²) in [4.78, 5) is 17.1. The molecule has 5 nitrogen and oxygen atoms in total. The van der Waals surface area contributed by atoms with Crippen LogP contribution in [0, 0.1) is 12.7 Å². The third kappa shape index (κ3) is 2.71. The van der Waals surface area contributed by atoms with Crippen LogP contribution in [0.15, 0.2) is 65.8 Å². The number of hydrogen-bond donors (Lipinski definition) is 0. The van der Waals surface area contributed by atoms with Crippen molar-refractivity contribution in [2.45, 2.75) is 13.5 Å². The third-order valence-electron chi connectivity index (χ3n) is 4.23. The van der Waals surface area contributed by atoms with Crippen LogP contribution in [-0.2, 0) is 6.54 Å². The van der Waals surface area contributed by atoms with Crippen molar-refractivity contribution in [3.63, 3.8) is 0 Å². The Kier molecular flexibility index (Phi) is 3.65. The van der Waals surface area contributed by atoms with Crippen molar-refractivity contribution in [1.82, 2.24) is 19.3 Å². The highest BCUT2D eigenvalue weighted by molar-refractivity contribution is 5.74. The molecule has 0 radical (unpaired) electrons. The zero-order valence-corrected chi connectivity index (χ0v) is 13.6. The van der Waals surface area contributed by atoms with Gasteiger partial charge in [0.25, 0.3) is 5.56 Å². The van der Waals surface area contributed by atoms with E-state index >= 15 is 0 Å². The minimum atomic E-state index is -0.325. The van der Waals surface area contributed by atoms with Gasteiger partial charge < -0.3 is 0 Å². The summed E-state index contributed by atoms with van der Waals surface area (Å²) in [6.45, 7) is 2.47. The van der Waals surface area contributed by atoms with E-state index in [1.54, 1.807) is 16.7 Å². The first-order valence-corrected chi connectivity index (χ1v) is 7.87. The predicted octanol–water partition coefficient (Wildman–Crippen LogP) is 3.08. The number of rotatable bonds is 3. The van der Waals surface area contributed by atoms with Gasteiger partial charge in [0.05, 0.1) is 18.4 Å². The minimum absolute atomic E-state index is 0.151. The van der Waals surface area contributed by atoms with Gasteiger partial charge in [-0.3, -0.25) is 9.36 Å². The van der Waals surface area contributed by atoms with Gasteiger partial charge in [0, 0.05) is 0 Å². The molecule has 2 aromatic carbocycles. The highest BCUT2D eigenvalue weighted by Crippen LogP contribution is 2.15. The molecule has 2 aromatic heterocycles. The number of aromatic nitrogens is 4. The number of fused-ring (bicyclic) bond motifs is 1. The predicted molar refractivity (Wildman–Crippen MR) is 93.4 cm³/mol. The Morgan fingerprint density at radius 2 is 1.84 bits per heavy atom. The maximum Gasteiger partial charge on any atom is 0.264 e. The summed E-state index contributed by atoms with van der Waals surface area (Å²) in [6, 6.07) is 13.8. The van der Waals surface area contributed by atoms with Crippen LogP contribution in [0.25, 0.3) is 16.7 Å². The Balaban J connectivity index is 1.78. The van der Waals surface area contributed by atoms with Crippen LogP contribution in [0.2, 0.25) is 0 Å². The maximum absolute atomic E-state index is 13.1. The van der Waals surface area contributed by atoms with Crippen molar-refractivity contribution >= 4 is 11.0 Å². The molecular weight excluding hydrogens is 319 g/mol. The number of hydrogen-bond acceptors (Lipinski definition) is 3. The molecule has 0 fully saturated rings. The molecule has 0 aliphatic heterocycles. The van der Waals surface area contributed by atoms with Crippen LogP contribution >= 0.6 is 0 Å². The van der Waals surface area contributed by atoms with Gasteiger partial charge in [0.1, 0.15) is 17.5 Å². The van der Waals surface area contributed by atoms with E-state index < -0.39 is 0 Å². The number of halogens is 1. The Bertz CT molecular complexity index is 1110. The van der Waals surface area contributed by atoms with Crippen molar-refractivity contribution in [2.24, 2.45) is 0 Å². The second-order valence-electron chi connectivity index (χ2n) is 5.87. The standard InChI is InChI=1S/C19H15FN4O/c1-13-4-2-3-5-14(13)11-23-12-21-18-17(19(23)25)10-22-24(18)16-8-6-15(20)7-9-16/h2-10,12H,11H2,1H3. The molecule has 0 amide bonds. The fourth-order valence-corrected chi connectivity index (χ4v) is 2.80. The van der Waals surface area contributed by atoms with E-state index in [0.29, 0.717) is 23.3 Å². The molecule has 2 heterocycles. The molecule has 0 saturated heterocycles. The summed E-state index contributed by atoms with van der Waals surface area (Å²) < 4.78 is 16.2. The summed E-state index contributed by atoms with van der Waals surface area (Å²) >= 11 is 0. The number of aryl methyl sites for hydroxylation is 1. The van der Waals surface area contributed by atoms with Crippen molar-refractivity contribution in [3.8, 4) is 5.69 Å². The zero-order chi connectivity index (χ0) is 17.4. The largest absolute Gasteiger partial charge is 0.294 e. The zero-order valence-electron chi connectivity index (χ0n) is 13.6. The van der Waals surface area contributed by atoms with E-state index in [2.05, 4.69) is 10.1 Å². The van der Waals surface area contributed by atoms with Crippen molar-refractivity contribution in [1.29, 1.82) is 0 Å². The third-order valence-corrected chi connectivity index (χ3v) is 4.23. The summed E-state index contributed by atoms with van der Waals surface area (Å²) in [7, 11) is 0. The van der Waals surface area contributed by atoms with Crippen LogP contribution in [0.5, 0.6) is 0 Å². The number of benzene rings is 2. The lowest BCUT2D eigenvalue weighted by molar-refractivity contribution is 0.627. The summed E-state index contributed by atoms with van der Waals surface area (Å²) in [5, 5.41) is 4.67. The van der Waals surface area contributed by atoms with Crippen molar-refractivity contribution in [2.75, 3.05) is 0 Å². The monoisotopic (exact) mass is 334 g/mol. The van der Waals surface area contributed by atoms with Gasteiger partial charge in [0.15, 0.2) is 5.65 Å². The molecule has 0 aliphatic carbocycles. The van der Waals surface area contributed by atoms with E-state index in [0.717, 1.165) is 11.1 Å². The lowest BCUT2D eigenvalue weighted by atomic mass is 10.1. The molecule has 25 heavy (non-hydrogen) atoms. The summed E-state index contributed by atoms with van der Waals surface area (Å²) in [5.74, 6) is -0.325. The molecule has 0 spiro atoms. The van der Waals surface area contributed by atoms with Gasteiger partial charge in [-0.1, -0.05) is 24.3 Å². The smallest absolute Gasteiger partial charge is 0.264 e. The van der Waals surface area contributed by atoms with Gasteiger partial charge in [-0.05, 0) is 42.3 Å². The molecule has 0 aliphatic rings. The van der Waals surface area contributed by atoms with E-state index in [9.17, 15) is 9.18 Å². The average molecular weight is 334 g/mol. The van der Waals surface area contributed by atoms with Crippen LogP contribution < -0.4 is 5.56 Å². The highest BCUT2D eigenvalue weighted by atomic mass is 19.1. The molecule has 6 heteroatoms. The first kappa shape index (κ1) is 15.3. The summed E-state index contributed by atoms with van der Waals surface area (Å²) in [5.41, 5.74) is 3.15. The summed E-state index contributed by atoms with van der Waals surface area (Å²) in [6.07, 6.45) is 3.03. The fraction of sp³-hybridized carbons (Fsp3) is 0.105. The maximum atomic E-state index is 13.1. The van der Waals surface area contributed by atoms with Crippen LogP contribution in [0.3, 0.4) is 0 Å². The Labute approximate surface area is 143 Å². The molecule has 0 N–H and O–H groups in total. The van der Waals surface area contributed by atoms with Crippen LogP contribution in [0.1, 0.15) is 11.1 Å². The molecule has 0 unspecified atom stereocenters. The SMILES string of the molecule is Cc1ccccc1Cn1cnc2c(cnn2-c2ccc(F)cc2)c1=O. The van der Waals surface area contributed by atoms with E-state index in [-0.39, 0.29) is 11.4 Å². The lowest BCUT2D eigenvalue weighted by Crippen LogP contribution is -2.21. The first-order chi connectivity index (χ1) is 12.1. The second-order valence-corrected chi connectivity index (χ2v) is 5.87. The molecule has 124 valence electrons. The molecule has 0 atom stereocenters. The fourth-order valence-electron chi connectivity index (χ4n) is 2.80. The number of nitrogens with zero attached hydrogens (tertiary/aromatic N) is 4. The van der Waals surface area contributed by atoms with Gasteiger partial charge in [0.2, 0.25) is 0 Å². The van der Waals surface area contributed by atoms with Gasteiger partial charge in [-0.2, -0.15) is 5.10 Å². The Morgan fingerprint density at radius 3 is 2.60 bits per heavy atom. The van der Waals surface area contributed by atoms with Crippen molar-refractivity contribution < 1.29 is 4.39 Å². The normalized spacial score (nSPS) is 11.1. The Hall–Kier alpha value is -3.28. The quantitative estimate of drug-likeness (QED) is 0.578. The highest BCUT2D eigenvalue weighted by Gasteiger charge is 2.12. The average Bonchev–Trinajstić information content (AvgIpc) is 3.05. The second kappa shape index (κ2) is 5.98.